The van der Waals surface area contributed by atoms with Crippen LogP contribution in [0.25, 0.3) is 0 Å². The highest BCUT2D eigenvalue weighted by Crippen LogP contribution is 2.27. The average molecular weight is 493 g/mol. The minimum atomic E-state index is -0.451. The lowest BCUT2D eigenvalue weighted by atomic mass is 10.3. The first-order valence-corrected chi connectivity index (χ1v) is 9.34. The molecule has 0 unspecified atom stereocenters. The molecule has 0 aliphatic heterocycles. The van der Waals surface area contributed by atoms with E-state index < -0.39 is 5.91 Å². The van der Waals surface area contributed by atoms with Gasteiger partial charge in [-0.1, -0.05) is 22.0 Å². The molecule has 0 bridgehead atoms. The highest BCUT2D eigenvalue weighted by Gasteiger charge is 2.10. The molecule has 24 heavy (non-hydrogen) atoms. The maximum Gasteiger partial charge on any atom is 0.279 e. The molecule has 1 heterocycles. The van der Waals surface area contributed by atoms with Gasteiger partial charge in [0.2, 0.25) is 0 Å². The van der Waals surface area contributed by atoms with E-state index in [-0.39, 0.29) is 17.6 Å². The van der Waals surface area contributed by atoms with Crippen molar-refractivity contribution in [1.82, 2.24) is 16.2 Å². The summed E-state index contributed by atoms with van der Waals surface area (Å²) in [5.74, 6) is -0.262. The maximum absolute atomic E-state index is 11.8. The first-order chi connectivity index (χ1) is 11.5. The van der Waals surface area contributed by atoms with Crippen LogP contribution in [0.1, 0.15) is 9.67 Å². The van der Waals surface area contributed by atoms with Gasteiger partial charge in [-0.25, -0.2) is 0 Å². The fourth-order valence-corrected chi connectivity index (χ4v) is 3.46. The van der Waals surface area contributed by atoms with Gasteiger partial charge in [0.15, 0.2) is 11.7 Å². The Hall–Kier alpha value is -1.49. The average Bonchev–Trinajstić information content (AvgIpc) is 3.06. The second-order valence-electron chi connectivity index (χ2n) is 4.30. The Morgan fingerprint density at radius 1 is 1.21 bits per heavy atom. The van der Waals surface area contributed by atoms with Crippen LogP contribution in [0, 0.1) is 0 Å². The van der Waals surface area contributed by atoms with Crippen LogP contribution >= 0.6 is 55.4 Å². The Morgan fingerprint density at radius 2 is 2.00 bits per heavy atom. The molecular formula is C14H11Br2N3O3S2. The highest BCUT2D eigenvalue weighted by atomic mass is 79.9. The van der Waals surface area contributed by atoms with Gasteiger partial charge in [0, 0.05) is 4.47 Å². The molecule has 0 aliphatic rings. The van der Waals surface area contributed by atoms with Gasteiger partial charge in [-0.2, -0.15) is 0 Å². The van der Waals surface area contributed by atoms with E-state index in [1.54, 1.807) is 35.7 Å². The second-order valence-corrected chi connectivity index (χ2v) is 7.42. The zero-order chi connectivity index (χ0) is 17.5. The van der Waals surface area contributed by atoms with Crippen LogP contribution in [-0.2, 0) is 4.79 Å². The number of carbonyl (C=O) groups excluding carboxylic acids is 2. The summed E-state index contributed by atoms with van der Waals surface area (Å²) in [6.45, 7) is -0.221. The van der Waals surface area contributed by atoms with Crippen molar-refractivity contribution in [1.29, 1.82) is 0 Å². The molecule has 1 aromatic heterocycles. The van der Waals surface area contributed by atoms with Crippen LogP contribution in [0.2, 0.25) is 0 Å². The molecule has 1 aromatic carbocycles. The monoisotopic (exact) mass is 491 g/mol. The van der Waals surface area contributed by atoms with Crippen LogP contribution in [0.3, 0.4) is 0 Å². The minimum absolute atomic E-state index is 0.0247. The molecule has 0 saturated heterocycles. The molecule has 10 heteroatoms. The number of carbonyl (C=O) groups is 2. The zero-order valence-corrected chi connectivity index (χ0v) is 16.8. The molecule has 0 saturated carbocycles. The van der Waals surface area contributed by atoms with Crippen LogP contribution in [0.5, 0.6) is 5.75 Å². The lowest BCUT2D eigenvalue weighted by Gasteiger charge is -2.11. The zero-order valence-electron chi connectivity index (χ0n) is 12.0. The predicted octanol–water partition coefficient (Wildman–Crippen LogP) is 2.99. The van der Waals surface area contributed by atoms with E-state index in [1.807, 2.05) is 0 Å². The van der Waals surface area contributed by atoms with Crippen molar-refractivity contribution >= 4 is 72.3 Å². The van der Waals surface area contributed by atoms with Gasteiger partial charge in [0.05, 0.1) is 9.35 Å². The number of rotatable bonds is 4. The van der Waals surface area contributed by atoms with Crippen LogP contribution in [0.15, 0.2) is 44.7 Å². The third kappa shape index (κ3) is 5.86. The van der Waals surface area contributed by atoms with E-state index >= 15 is 0 Å². The summed E-state index contributed by atoms with van der Waals surface area (Å²) in [6.07, 6.45) is 0. The highest BCUT2D eigenvalue weighted by molar-refractivity contribution is 9.11. The molecular weight excluding hydrogens is 482 g/mol. The molecule has 6 nitrogen and oxygen atoms in total. The molecule has 2 amide bonds. The second kappa shape index (κ2) is 9.11. The topological polar surface area (TPSA) is 79.5 Å². The molecule has 0 aliphatic carbocycles. The minimum Gasteiger partial charge on any atom is -0.483 e. The largest absolute Gasteiger partial charge is 0.483 e. The molecule has 0 atom stereocenters. The first-order valence-electron chi connectivity index (χ1n) is 6.47. The number of halogens is 2. The normalized spacial score (nSPS) is 9.92. The Kier molecular flexibility index (Phi) is 7.16. The fraction of sp³-hybridized carbons (Fsp3) is 0.0714. The molecule has 126 valence electrons. The number of hydrogen-bond acceptors (Lipinski definition) is 5. The summed E-state index contributed by atoms with van der Waals surface area (Å²) in [5.41, 5.74) is 4.85. The summed E-state index contributed by atoms with van der Waals surface area (Å²) in [4.78, 5) is 24.0. The summed E-state index contributed by atoms with van der Waals surface area (Å²) in [7, 11) is 0. The van der Waals surface area contributed by atoms with Gasteiger partial charge in [0.25, 0.3) is 11.8 Å². The van der Waals surface area contributed by atoms with Gasteiger partial charge >= 0.3 is 0 Å². The van der Waals surface area contributed by atoms with Gasteiger partial charge < -0.3 is 4.74 Å². The van der Waals surface area contributed by atoms with E-state index in [1.165, 1.54) is 11.3 Å². The summed E-state index contributed by atoms with van der Waals surface area (Å²) < 4.78 is 6.99. The van der Waals surface area contributed by atoms with Gasteiger partial charge in [-0.15, -0.1) is 11.3 Å². The lowest BCUT2D eigenvalue weighted by Crippen LogP contribution is -2.49. The summed E-state index contributed by atoms with van der Waals surface area (Å²) in [6, 6.07) is 8.76. The van der Waals surface area contributed by atoms with E-state index in [2.05, 4.69) is 48.0 Å². The maximum atomic E-state index is 11.8. The SMILES string of the molecule is O=C(COc1ccc(Br)cc1Br)NC(=S)NNC(=O)c1cccs1. The van der Waals surface area contributed by atoms with E-state index in [0.29, 0.717) is 15.1 Å². The van der Waals surface area contributed by atoms with Gasteiger partial charge in [0.1, 0.15) is 5.75 Å². The lowest BCUT2D eigenvalue weighted by molar-refractivity contribution is -0.121. The summed E-state index contributed by atoms with van der Waals surface area (Å²) >= 11 is 12.9. The number of benzene rings is 1. The van der Waals surface area contributed by atoms with Crippen LogP contribution in [0.4, 0.5) is 0 Å². The van der Waals surface area contributed by atoms with Crippen LogP contribution < -0.4 is 20.9 Å². The van der Waals surface area contributed by atoms with Crippen molar-refractivity contribution in [3.8, 4) is 5.75 Å². The van der Waals surface area contributed by atoms with E-state index in [4.69, 9.17) is 17.0 Å². The number of ether oxygens (including phenoxy) is 1. The Balaban J connectivity index is 1.73. The Labute approximate surface area is 164 Å². The van der Waals surface area contributed by atoms with Crippen molar-refractivity contribution < 1.29 is 14.3 Å². The van der Waals surface area contributed by atoms with E-state index in [0.717, 1.165) is 4.47 Å². The molecule has 2 aromatic rings. The predicted molar refractivity (Wildman–Crippen MR) is 103 cm³/mol. The van der Waals surface area contributed by atoms with Crippen LogP contribution in [-0.4, -0.2) is 23.5 Å². The van der Waals surface area contributed by atoms with Crippen molar-refractivity contribution in [2.75, 3.05) is 6.61 Å². The Bertz CT molecular complexity index is 754. The molecule has 0 radical (unpaired) electrons. The smallest absolute Gasteiger partial charge is 0.279 e. The third-order valence-corrected chi connectivity index (χ3v) is 4.73. The number of hydrogen-bond donors (Lipinski definition) is 3. The van der Waals surface area contributed by atoms with Gasteiger partial charge in [-0.05, 0) is 57.8 Å². The van der Waals surface area contributed by atoms with Crippen molar-refractivity contribution in [3.05, 3.63) is 49.5 Å². The summed E-state index contributed by atoms with van der Waals surface area (Å²) in [5, 5.41) is 4.16. The van der Waals surface area contributed by atoms with E-state index in [9.17, 15) is 9.59 Å². The number of hydrazine groups is 1. The number of amides is 2. The van der Waals surface area contributed by atoms with Crippen molar-refractivity contribution in [3.63, 3.8) is 0 Å². The molecule has 2 rings (SSSR count). The molecule has 0 fully saturated rings. The first kappa shape index (κ1) is 18.8. The fourth-order valence-electron chi connectivity index (χ4n) is 1.51. The number of thiocarbonyl (C=S) groups is 1. The third-order valence-electron chi connectivity index (χ3n) is 2.54. The molecule has 0 spiro atoms. The quantitative estimate of drug-likeness (QED) is 0.451. The molecule has 3 N–H and O–H groups in total. The standard InChI is InChI=1S/C14H11Br2N3O3S2/c15-8-3-4-10(9(16)6-8)22-7-12(20)17-14(23)19-18-13(21)11-2-1-5-24-11/h1-6H,7H2,(H,18,21)(H2,17,19,20,23). The van der Waals surface area contributed by atoms with Gasteiger partial charge in [-0.3, -0.25) is 25.8 Å². The van der Waals surface area contributed by atoms with Crippen molar-refractivity contribution in [2.45, 2.75) is 0 Å². The number of nitrogens with one attached hydrogen (secondary N) is 3. The van der Waals surface area contributed by atoms with Crippen molar-refractivity contribution in [2.24, 2.45) is 0 Å². The Morgan fingerprint density at radius 3 is 2.67 bits per heavy atom. The number of thiophene rings is 1.